The van der Waals surface area contributed by atoms with Crippen molar-refractivity contribution in [3.05, 3.63) is 81.1 Å². The number of aryl methyl sites for hydroxylation is 1. The number of nitrogens with one attached hydrogen (secondary N) is 1. The summed E-state index contributed by atoms with van der Waals surface area (Å²) in [6.45, 7) is 1.61. The topological polar surface area (TPSA) is 107 Å². The molecule has 0 saturated carbocycles. The van der Waals surface area contributed by atoms with E-state index >= 15 is 0 Å². The Kier molecular flexibility index (Phi) is 6.25. The van der Waals surface area contributed by atoms with Gasteiger partial charge in [-0.3, -0.25) is 14.9 Å². The first-order valence-electron chi connectivity index (χ1n) is 8.48. The number of nitro groups is 1. The number of halogens is 1. The number of amides is 1. The summed E-state index contributed by atoms with van der Waals surface area (Å²) in [5, 5.41) is 15.5. The zero-order valence-corrected chi connectivity index (χ0v) is 16.1. The Morgan fingerprint density at radius 2 is 2.07 bits per heavy atom. The lowest BCUT2D eigenvalue weighted by Crippen LogP contribution is -2.24. The summed E-state index contributed by atoms with van der Waals surface area (Å²) in [7, 11) is 0. The molecule has 2 aromatic carbocycles. The molecule has 3 aromatic rings. The number of furan rings is 1. The first-order valence-corrected chi connectivity index (χ1v) is 8.86. The predicted octanol–water partition coefficient (Wildman–Crippen LogP) is 4.35. The van der Waals surface area contributed by atoms with Gasteiger partial charge in [0.05, 0.1) is 16.7 Å². The van der Waals surface area contributed by atoms with Gasteiger partial charge in [0.25, 0.3) is 11.6 Å². The summed E-state index contributed by atoms with van der Waals surface area (Å²) in [4.78, 5) is 22.5. The van der Waals surface area contributed by atoms with E-state index in [1.54, 1.807) is 48.5 Å². The first kappa shape index (κ1) is 20.1. The summed E-state index contributed by atoms with van der Waals surface area (Å²) < 4.78 is 10.9. The molecular weight excluding hydrogens is 398 g/mol. The number of ether oxygens (including phenoxy) is 1. The lowest BCUT2D eigenvalue weighted by atomic mass is 10.1. The third kappa shape index (κ3) is 5.20. The van der Waals surface area contributed by atoms with E-state index in [-0.39, 0.29) is 12.3 Å². The highest BCUT2D eigenvalue weighted by atomic mass is 35.5. The van der Waals surface area contributed by atoms with Crippen LogP contribution in [-0.2, 0) is 4.79 Å². The van der Waals surface area contributed by atoms with Crippen molar-refractivity contribution in [2.24, 2.45) is 5.10 Å². The summed E-state index contributed by atoms with van der Waals surface area (Å²) in [6.07, 6.45) is 1.29. The zero-order valence-electron chi connectivity index (χ0n) is 15.3. The van der Waals surface area contributed by atoms with Gasteiger partial charge in [0.15, 0.2) is 6.61 Å². The second-order valence-corrected chi connectivity index (χ2v) is 6.38. The van der Waals surface area contributed by atoms with Crippen LogP contribution in [0.3, 0.4) is 0 Å². The fraction of sp³-hybridized carbons (Fsp3) is 0.100. The standard InChI is InChI=1S/C20H16ClN3O5/c1-13-10-14(6-8-17(13)21)28-12-20(25)23-22-11-15-7-9-19(29-15)16-4-2-3-5-18(16)24(26)27/h2-11H,12H2,1H3,(H,23,25)/b22-11-. The molecule has 0 aliphatic rings. The van der Waals surface area contributed by atoms with Gasteiger partial charge in [0, 0.05) is 11.1 Å². The van der Waals surface area contributed by atoms with E-state index in [1.807, 2.05) is 6.92 Å². The predicted molar refractivity (Wildman–Crippen MR) is 108 cm³/mol. The van der Waals surface area contributed by atoms with E-state index in [1.165, 1.54) is 12.3 Å². The molecule has 1 N–H and O–H groups in total. The number of carbonyl (C=O) groups excluding carboxylic acids is 1. The van der Waals surface area contributed by atoms with Crippen LogP contribution in [0, 0.1) is 17.0 Å². The molecule has 0 unspecified atom stereocenters. The molecule has 148 valence electrons. The van der Waals surface area contributed by atoms with Crippen LogP contribution in [0.15, 0.2) is 64.1 Å². The minimum Gasteiger partial charge on any atom is -0.484 e. The fourth-order valence-electron chi connectivity index (χ4n) is 2.46. The minimum absolute atomic E-state index is 0.0618. The molecule has 0 saturated heterocycles. The number of nitro benzene ring substituents is 1. The van der Waals surface area contributed by atoms with Crippen LogP contribution in [0.5, 0.6) is 5.75 Å². The molecule has 1 aromatic heterocycles. The van der Waals surface area contributed by atoms with Crippen molar-refractivity contribution in [1.29, 1.82) is 0 Å². The van der Waals surface area contributed by atoms with E-state index in [0.717, 1.165) is 5.56 Å². The molecule has 0 aliphatic heterocycles. The molecule has 3 rings (SSSR count). The lowest BCUT2D eigenvalue weighted by molar-refractivity contribution is -0.384. The number of rotatable bonds is 7. The second kappa shape index (κ2) is 9.03. The lowest BCUT2D eigenvalue weighted by Gasteiger charge is -2.06. The number of nitrogens with zero attached hydrogens (tertiary/aromatic N) is 2. The average molecular weight is 414 g/mol. The van der Waals surface area contributed by atoms with E-state index in [2.05, 4.69) is 10.5 Å². The molecular formula is C20H16ClN3O5. The highest BCUT2D eigenvalue weighted by Crippen LogP contribution is 2.30. The molecule has 8 nitrogen and oxygen atoms in total. The van der Waals surface area contributed by atoms with Gasteiger partial charge in [-0.15, -0.1) is 0 Å². The van der Waals surface area contributed by atoms with Crippen molar-refractivity contribution in [1.82, 2.24) is 5.43 Å². The van der Waals surface area contributed by atoms with Crippen LogP contribution in [0.4, 0.5) is 5.69 Å². The minimum atomic E-state index is -0.478. The maximum absolute atomic E-state index is 11.8. The summed E-state index contributed by atoms with van der Waals surface area (Å²) in [6, 6.07) is 14.5. The Bertz CT molecular complexity index is 1080. The molecule has 0 radical (unpaired) electrons. The molecule has 29 heavy (non-hydrogen) atoms. The van der Waals surface area contributed by atoms with Crippen molar-refractivity contribution in [2.75, 3.05) is 6.61 Å². The normalized spacial score (nSPS) is 10.8. The maximum Gasteiger partial charge on any atom is 0.280 e. The zero-order chi connectivity index (χ0) is 20.8. The number of benzene rings is 2. The molecule has 1 heterocycles. The smallest absolute Gasteiger partial charge is 0.280 e. The summed E-state index contributed by atoms with van der Waals surface area (Å²) in [5.74, 6) is 0.713. The number of carbonyl (C=O) groups is 1. The van der Waals surface area contributed by atoms with Gasteiger partial charge < -0.3 is 9.15 Å². The van der Waals surface area contributed by atoms with Crippen molar-refractivity contribution in [2.45, 2.75) is 6.92 Å². The van der Waals surface area contributed by atoms with Gasteiger partial charge in [-0.1, -0.05) is 23.7 Å². The van der Waals surface area contributed by atoms with E-state index in [9.17, 15) is 14.9 Å². The molecule has 0 aliphatic carbocycles. The van der Waals surface area contributed by atoms with Gasteiger partial charge in [-0.25, -0.2) is 5.43 Å². The van der Waals surface area contributed by atoms with Crippen molar-refractivity contribution in [3.63, 3.8) is 0 Å². The van der Waals surface area contributed by atoms with Crippen LogP contribution in [0.1, 0.15) is 11.3 Å². The SMILES string of the molecule is Cc1cc(OCC(=O)N/N=C\c2ccc(-c3ccccc3[N+](=O)[O-])o2)ccc1Cl. The molecule has 1 amide bonds. The Labute approximate surface area is 170 Å². The Morgan fingerprint density at radius 3 is 2.83 bits per heavy atom. The summed E-state index contributed by atoms with van der Waals surface area (Å²) in [5.41, 5.74) is 3.45. The largest absolute Gasteiger partial charge is 0.484 e. The van der Waals surface area contributed by atoms with Gasteiger partial charge in [-0.2, -0.15) is 5.10 Å². The van der Waals surface area contributed by atoms with Crippen LogP contribution in [0.2, 0.25) is 5.02 Å². The maximum atomic E-state index is 11.8. The van der Waals surface area contributed by atoms with Gasteiger partial charge in [-0.05, 0) is 48.9 Å². The average Bonchev–Trinajstić information content (AvgIpc) is 3.17. The number of hydrogen-bond acceptors (Lipinski definition) is 6. The highest BCUT2D eigenvalue weighted by molar-refractivity contribution is 6.31. The molecule has 0 fully saturated rings. The van der Waals surface area contributed by atoms with Crippen molar-refractivity contribution < 1.29 is 18.9 Å². The fourth-order valence-corrected chi connectivity index (χ4v) is 2.58. The third-order valence-electron chi connectivity index (χ3n) is 3.87. The Balaban J connectivity index is 1.56. The second-order valence-electron chi connectivity index (χ2n) is 5.97. The summed E-state index contributed by atoms with van der Waals surface area (Å²) >= 11 is 5.94. The van der Waals surface area contributed by atoms with Gasteiger partial charge >= 0.3 is 0 Å². The number of hydrogen-bond donors (Lipinski definition) is 1. The van der Waals surface area contributed by atoms with Gasteiger partial charge in [0.1, 0.15) is 17.3 Å². The first-order chi connectivity index (χ1) is 13.9. The van der Waals surface area contributed by atoms with E-state index in [0.29, 0.717) is 27.9 Å². The van der Waals surface area contributed by atoms with Crippen molar-refractivity contribution >= 4 is 29.4 Å². The Hall–Kier alpha value is -3.65. The highest BCUT2D eigenvalue weighted by Gasteiger charge is 2.16. The van der Waals surface area contributed by atoms with Crippen LogP contribution >= 0.6 is 11.6 Å². The molecule has 0 atom stereocenters. The van der Waals surface area contributed by atoms with Crippen LogP contribution in [-0.4, -0.2) is 23.7 Å². The van der Waals surface area contributed by atoms with E-state index < -0.39 is 10.8 Å². The third-order valence-corrected chi connectivity index (χ3v) is 4.30. The number of para-hydroxylation sites is 1. The van der Waals surface area contributed by atoms with E-state index in [4.69, 9.17) is 20.8 Å². The quantitative estimate of drug-likeness (QED) is 0.352. The monoisotopic (exact) mass is 413 g/mol. The Morgan fingerprint density at radius 1 is 1.28 bits per heavy atom. The van der Waals surface area contributed by atoms with Crippen LogP contribution < -0.4 is 10.2 Å². The van der Waals surface area contributed by atoms with Crippen molar-refractivity contribution in [3.8, 4) is 17.1 Å². The number of hydrazone groups is 1. The molecule has 0 bridgehead atoms. The molecule has 9 heteroatoms. The molecule has 0 spiro atoms. The van der Waals surface area contributed by atoms with Crippen LogP contribution in [0.25, 0.3) is 11.3 Å². The van der Waals surface area contributed by atoms with Gasteiger partial charge in [0.2, 0.25) is 0 Å².